The Labute approximate surface area is 109 Å². The lowest BCUT2D eigenvalue weighted by Gasteiger charge is -2.06. The van der Waals surface area contributed by atoms with Crippen LogP contribution in [0.3, 0.4) is 0 Å². The average Bonchev–Trinajstić information content (AvgIpc) is 2.91. The number of carbonyl (C=O) groups is 2. The summed E-state index contributed by atoms with van der Waals surface area (Å²) in [6, 6.07) is 11.9. The van der Waals surface area contributed by atoms with E-state index in [9.17, 15) is 9.59 Å². The maximum absolute atomic E-state index is 11.9. The van der Waals surface area contributed by atoms with Gasteiger partial charge in [-0.15, -0.1) is 0 Å². The first-order chi connectivity index (χ1) is 9.16. The summed E-state index contributed by atoms with van der Waals surface area (Å²) in [6.07, 6.45) is 2.84. The fourth-order valence-electron chi connectivity index (χ4n) is 1.47. The number of hydrogen-bond acceptors (Lipinski definition) is 3. The molecule has 0 fully saturated rings. The number of benzene rings is 1. The van der Waals surface area contributed by atoms with Crippen LogP contribution in [-0.4, -0.2) is 11.8 Å². The lowest BCUT2D eigenvalue weighted by Crippen LogP contribution is -2.31. The number of primary amides is 1. The molecule has 0 saturated heterocycles. The van der Waals surface area contributed by atoms with E-state index in [4.69, 9.17) is 10.2 Å². The summed E-state index contributed by atoms with van der Waals surface area (Å²) in [5, 5.41) is 2.46. The Bertz CT molecular complexity index is 601. The van der Waals surface area contributed by atoms with Gasteiger partial charge in [0.15, 0.2) is 0 Å². The summed E-state index contributed by atoms with van der Waals surface area (Å²) >= 11 is 0. The molecule has 0 atom stereocenters. The molecule has 0 aliphatic heterocycles. The van der Waals surface area contributed by atoms with Crippen LogP contribution in [0.5, 0.6) is 0 Å². The van der Waals surface area contributed by atoms with Crippen LogP contribution in [0.4, 0.5) is 0 Å². The Morgan fingerprint density at radius 2 is 1.84 bits per heavy atom. The Kier molecular flexibility index (Phi) is 3.78. The van der Waals surface area contributed by atoms with E-state index in [1.54, 1.807) is 42.5 Å². The van der Waals surface area contributed by atoms with Gasteiger partial charge < -0.3 is 15.5 Å². The monoisotopic (exact) mass is 256 g/mol. The highest BCUT2D eigenvalue weighted by Crippen LogP contribution is 2.07. The maximum atomic E-state index is 11.9. The number of carbonyl (C=O) groups excluding carboxylic acids is 2. The van der Waals surface area contributed by atoms with E-state index in [1.807, 2.05) is 0 Å². The number of hydrogen-bond donors (Lipinski definition) is 2. The largest absolute Gasteiger partial charge is 0.465 e. The molecule has 2 amide bonds. The number of furan rings is 1. The SMILES string of the molecule is NC(=O)/C(=C\c1ccco1)NC(=O)c1ccccc1. The predicted molar refractivity (Wildman–Crippen MR) is 69.8 cm³/mol. The summed E-state index contributed by atoms with van der Waals surface area (Å²) in [5.41, 5.74) is 5.63. The van der Waals surface area contributed by atoms with Crippen LogP contribution in [0.25, 0.3) is 6.08 Å². The molecule has 0 saturated carbocycles. The van der Waals surface area contributed by atoms with Gasteiger partial charge in [-0.2, -0.15) is 0 Å². The molecule has 19 heavy (non-hydrogen) atoms. The fourth-order valence-corrected chi connectivity index (χ4v) is 1.47. The molecule has 0 aliphatic carbocycles. The first-order valence-corrected chi connectivity index (χ1v) is 5.58. The zero-order chi connectivity index (χ0) is 13.7. The molecule has 0 aliphatic rings. The molecule has 0 radical (unpaired) electrons. The standard InChI is InChI=1S/C14H12N2O3/c15-13(17)12(9-11-7-4-8-19-11)16-14(18)10-5-2-1-3-6-10/h1-9H,(H2,15,17)(H,16,18)/b12-9+. The van der Waals surface area contributed by atoms with Crippen molar-refractivity contribution in [3.63, 3.8) is 0 Å². The van der Waals surface area contributed by atoms with Crippen molar-refractivity contribution in [2.24, 2.45) is 5.73 Å². The zero-order valence-electron chi connectivity index (χ0n) is 10.00. The van der Waals surface area contributed by atoms with Gasteiger partial charge in [0.05, 0.1) is 6.26 Å². The molecule has 3 N–H and O–H groups in total. The van der Waals surface area contributed by atoms with Crippen molar-refractivity contribution in [3.8, 4) is 0 Å². The third kappa shape index (κ3) is 3.32. The summed E-state index contributed by atoms with van der Waals surface area (Å²) in [4.78, 5) is 23.2. The van der Waals surface area contributed by atoms with E-state index in [-0.39, 0.29) is 5.70 Å². The molecular formula is C14H12N2O3. The number of amides is 2. The molecule has 1 aromatic heterocycles. The fraction of sp³-hybridized carbons (Fsp3) is 0. The predicted octanol–water partition coefficient (Wildman–Crippen LogP) is 1.54. The minimum absolute atomic E-state index is 0.0243. The highest BCUT2D eigenvalue weighted by atomic mass is 16.3. The van der Waals surface area contributed by atoms with Crippen LogP contribution in [0, 0.1) is 0 Å². The molecule has 96 valence electrons. The van der Waals surface area contributed by atoms with Crippen LogP contribution in [0.1, 0.15) is 16.1 Å². The first-order valence-electron chi connectivity index (χ1n) is 5.58. The van der Waals surface area contributed by atoms with Crippen LogP contribution < -0.4 is 11.1 Å². The van der Waals surface area contributed by atoms with Gasteiger partial charge in [-0.3, -0.25) is 9.59 Å². The van der Waals surface area contributed by atoms with Gasteiger partial charge >= 0.3 is 0 Å². The minimum atomic E-state index is -0.735. The highest BCUT2D eigenvalue weighted by molar-refractivity contribution is 6.04. The molecule has 5 heteroatoms. The quantitative estimate of drug-likeness (QED) is 0.813. The van der Waals surface area contributed by atoms with E-state index in [0.29, 0.717) is 11.3 Å². The molecule has 0 spiro atoms. The number of nitrogens with two attached hydrogens (primary N) is 1. The number of rotatable bonds is 4. The Hall–Kier alpha value is -2.82. The van der Waals surface area contributed by atoms with E-state index < -0.39 is 11.8 Å². The Balaban J connectivity index is 2.19. The molecule has 1 aromatic carbocycles. The van der Waals surface area contributed by atoms with Crippen molar-refractivity contribution in [1.29, 1.82) is 0 Å². The van der Waals surface area contributed by atoms with Gasteiger partial charge in [0.25, 0.3) is 11.8 Å². The molecule has 5 nitrogen and oxygen atoms in total. The topological polar surface area (TPSA) is 85.3 Å². The average molecular weight is 256 g/mol. The molecule has 0 unspecified atom stereocenters. The zero-order valence-corrected chi connectivity index (χ0v) is 10.00. The van der Waals surface area contributed by atoms with E-state index in [0.717, 1.165) is 0 Å². The summed E-state index contributed by atoms with van der Waals surface area (Å²) in [6.45, 7) is 0. The molecule has 2 rings (SSSR count). The molecule has 0 bridgehead atoms. The van der Waals surface area contributed by atoms with Gasteiger partial charge in [0.1, 0.15) is 11.5 Å². The van der Waals surface area contributed by atoms with Gasteiger partial charge in [-0.05, 0) is 24.3 Å². The Morgan fingerprint density at radius 1 is 1.11 bits per heavy atom. The highest BCUT2D eigenvalue weighted by Gasteiger charge is 2.12. The van der Waals surface area contributed by atoms with Gasteiger partial charge in [0.2, 0.25) is 0 Å². The van der Waals surface area contributed by atoms with Crippen LogP contribution in [-0.2, 0) is 4.79 Å². The van der Waals surface area contributed by atoms with Crippen LogP contribution >= 0.6 is 0 Å². The molecule has 2 aromatic rings. The first kappa shape index (κ1) is 12.6. The van der Waals surface area contributed by atoms with Crippen molar-refractivity contribution in [2.45, 2.75) is 0 Å². The molecule has 1 heterocycles. The normalized spacial score (nSPS) is 11.1. The van der Waals surface area contributed by atoms with Crippen molar-refractivity contribution < 1.29 is 14.0 Å². The maximum Gasteiger partial charge on any atom is 0.265 e. The van der Waals surface area contributed by atoms with Crippen molar-refractivity contribution >= 4 is 17.9 Å². The van der Waals surface area contributed by atoms with Gasteiger partial charge in [-0.25, -0.2) is 0 Å². The van der Waals surface area contributed by atoms with Gasteiger partial charge in [0, 0.05) is 11.6 Å². The van der Waals surface area contributed by atoms with E-state index in [2.05, 4.69) is 5.32 Å². The van der Waals surface area contributed by atoms with Crippen LogP contribution in [0.2, 0.25) is 0 Å². The second-order valence-corrected chi connectivity index (χ2v) is 3.76. The van der Waals surface area contributed by atoms with Gasteiger partial charge in [-0.1, -0.05) is 18.2 Å². The van der Waals surface area contributed by atoms with E-state index >= 15 is 0 Å². The third-order valence-electron chi connectivity index (χ3n) is 2.38. The lowest BCUT2D eigenvalue weighted by atomic mass is 10.2. The van der Waals surface area contributed by atoms with Crippen molar-refractivity contribution in [1.82, 2.24) is 5.32 Å². The van der Waals surface area contributed by atoms with E-state index in [1.165, 1.54) is 12.3 Å². The van der Waals surface area contributed by atoms with Crippen molar-refractivity contribution in [3.05, 3.63) is 65.7 Å². The summed E-state index contributed by atoms with van der Waals surface area (Å²) in [7, 11) is 0. The second-order valence-electron chi connectivity index (χ2n) is 3.76. The summed E-state index contributed by atoms with van der Waals surface area (Å²) < 4.78 is 5.07. The molecular weight excluding hydrogens is 244 g/mol. The van der Waals surface area contributed by atoms with Crippen molar-refractivity contribution in [2.75, 3.05) is 0 Å². The minimum Gasteiger partial charge on any atom is -0.465 e. The smallest absolute Gasteiger partial charge is 0.265 e. The summed E-state index contributed by atoms with van der Waals surface area (Å²) in [5.74, 6) is -0.708. The third-order valence-corrected chi connectivity index (χ3v) is 2.38. The lowest BCUT2D eigenvalue weighted by molar-refractivity contribution is -0.114. The second kappa shape index (κ2) is 5.68. The Morgan fingerprint density at radius 3 is 2.42 bits per heavy atom. The number of nitrogens with one attached hydrogen (secondary N) is 1. The van der Waals surface area contributed by atoms with Crippen LogP contribution in [0.15, 0.2) is 58.8 Å².